The Balaban J connectivity index is 1.53. The van der Waals surface area contributed by atoms with Gasteiger partial charge in [-0.25, -0.2) is 0 Å². The van der Waals surface area contributed by atoms with E-state index in [0.717, 1.165) is 25.7 Å². The summed E-state index contributed by atoms with van der Waals surface area (Å²) in [6, 6.07) is 0. The molecular formula is C28H48O3. The Hall–Kier alpha value is -0.410. The topological polar surface area (TPSA) is 57.5 Å². The molecule has 4 aliphatic carbocycles. The van der Waals surface area contributed by atoms with Crippen LogP contribution < -0.4 is 0 Å². The first-order chi connectivity index (χ1) is 14.5. The minimum absolute atomic E-state index is 0.0809. The van der Waals surface area contributed by atoms with Crippen LogP contribution in [0.15, 0.2) is 0 Å². The summed E-state index contributed by atoms with van der Waals surface area (Å²) in [4.78, 5) is 13.3. The lowest BCUT2D eigenvalue weighted by Crippen LogP contribution is -2.57. The number of rotatable bonds is 5. The second-order valence-corrected chi connectivity index (χ2v) is 13.1. The third kappa shape index (κ3) is 3.84. The molecule has 4 fully saturated rings. The van der Waals surface area contributed by atoms with Crippen molar-refractivity contribution < 1.29 is 15.0 Å². The Morgan fingerprint density at radius 2 is 1.61 bits per heavy atom. The highest BCUT2D eigenvalue weighted by atomic mass is 16.3. The fourth-order valence-electron chi connectivity index (χ4n) is 9.06. The van der Waals surface area contributed by atoms with Crippen molar-refractivity contribution in [3.63, 3.8) is 0 Å². The molecule has 0 amide bonds. The van der Waals surface area contributed by atoms with Crippen LogP contribution in [0.5, 0.6) is 0 Å². The molecule has 4 saturated carbocycles. The van der Waals surface area contributed by atoms with Crippen LogP contribution in [0, 0.1) is 58.2 Å². The molecule has 178 valence electrons. The molecule has 4 rings (SSSR count). The van der Waals surface area contributed by atoms with Gasteiger partial charge in [-0.1, -0.05) is 41.5 Å². The summed E-state index contributed by atoms with van der Waals surface area (Å²) in [6.07, 6.45) is 8.65. The summed E-state index contributed by atoms with van der Waals surface area (Å²) in [5.41, 5.74) is 0.358. The molecule has 0 radical (unpaired) electrons. The minimum Gasteiger partial charge on any atom is -0.393 e. The molecule has 0 bridgehead atoms. The van der Waals surface area contributed by atoms with Crippen LogP contribution >= 0.6 is 0 Å². The molecule has 0 saturated heterocycles. The number of hydrogen-bond acceptors (Lipinski definition) is 3. The Morgan fingerprint density at radius 3 is 2.29 bits per heavy atom. The minimum atomic E-state index is -0.279. The van der Waals surface area contributed by atoms with Gasteiger partial charge in [0, 0.05) is 12.3 Å². The summed E-state index contributed by atoms with van der Waals surface area (Å²) in [6.45, 7) is 14.0. The highest BCUT2D eigenvalue weighted by Gasteiger charge is 2.62. The highest BCUT2D eigenvalue weighted by Crippen LogP contribution is 2.67. The Kier molecular flexibility index (Phi) is 6.45. The molecule has 11 atom stereocenters. The number of aliphatic hydroxyl groups excluding tert-OH is 2. The monoisotopic (exact) mass is 432 g/mol. The van der Waals surface area contributed by atoms with E-state index < -0.39 is 0 Å². The third-order valence-electron chi connectivity index (χ3n) is 11.5. The van der Waals surface area contributed by atoms with Crippen LogP contribution in [0.1, 0.15) is 99.3 Å². The average molecular weight is 433 g/mol. The maximum atomic E-state index is 13.3. The van der Waals surface area contributed by atoms with Crippen LogP contribution in [0.4, 0.5) is 0 Å². The van der Waals surface area contributed by atoms with Crippen LogP contribution in [-0.4, -0.2) is 28.2 Å². The van der Waals surface area contributed by atoms with Crippen molar-refractivity contribution in [2.45, 2.75) is 112 Å². The van der Waals surface area contributed by atoms with Gasteiger partial charge in [0.15, 0.2) is 0 Å². The van der Waals surface area contributed by atoms with Crippen LogP contribution in [0.2, 0.25) is 0 Å². The van der Waals surface area contributed by atoms with E-state index in [2.05, 4.69) is 41.5 Å². The molecule has 0 aromatic carbocycles. The van der Waals surface area contributed by atoms with Crippen molar-refractivity contribution >= 4 is 5.78 Å². The highest BCUT2D eigenvalue weighted by molar-refractivity contribution is 5.83. The number of carbonyl (C=O) groups is 1. The van der Waals surface area contributed by atoms with Gasteiger partial charge in [-0.2, -0.15) is 0 Å². The summed E-state index contributed by atoms with van der Waals surface area (Å²) in [7, 11) is 0. The third-order valence-corrected chi connectivity index (χ3v) is 11.5. The molecular weight excluding hydrogens is 384 g/mol. The van der Waals surface area contributed by atoms with Gasteiger partial charge in [0.25, 0.3) is 0 Å². The Morgan fingerprint density at radius 1 is 0.968 bits per heavy atom. The van der Waals surface area contributed by atoms with E-state index >= 15 is 0 Å². The quantitative estimate of drug-likeness (QED) is 0.572. The van der Waals surface area contributed by atoms with Gasteiger partial charge < -0.3 is 10.2 Å². The molecule has 0 aromatic heterocycles. The second kappa shape index (κ2) is 8.42. The average Bonchev–Trinajstić information content (AvgIpc) is 3.06. The molecule has 0 spiro atoms. The molecule has 3 nitrogen and oxygen atoms in total. The number of hydrogen-bond donors (Lipinski definition) is 2. The van der Waals surface area contributed by atoms with Crippen molar-refractivity contribution in [1.29, 1.82) is 0 Å². The first kappa shape index (κ1) is 23.7. The summed E-state index contributed by atoms with van der Waals surface area (Å²) < 4.78 is 0. The van der Waals surface area contributed by atoms with Crippen molar-refractivity contribution in [2.24, 2.45) is 58.2 Å². The predicted octanol–water partition coefficient (Wildman–Crippen LogP) is 5.86. The van der Waals surface area contributed by atoms with Crippen LogP contribution in [0.3, 0.4) is 0 Å². The smallest absolute Gasteiger partial charge is 0.136 e. The largest absolute Gasteiger partial charge is 0.393 e. The van der Waals surface area contributed by atoms with E-state index in [1.54, 1.807) is 0 Å². The first-order valence-electron chi connectivity index (χ1n) is 13.4. The number of fused-ring (bicyclic) bond motifs is 5. The molecule has 4 aliphatic rings. The van der Waals surface area contributed by atoms with Crippen molar-refractivity contribution in [1.82, 2.24) is 0 Å². The fraction of sp³-hybridized carbons (Fsp3) is 0.964. The zero-order valence-electron chi connectivity index (χ0n) is 20.9. The van der Waals surface area contributed by atoms with Gasteiger partial charge in [0.2, 0.25) is 0 Å². The van der Waals surface area contributed by atoms with E-state index in [1.807, 2.05) is 0 Å². The van der Waals surface area contributed by atoms with Gasteiger partial charge in [0.05, 0.1) is 12.2 Å². The molecule has 0 heterocycles. The SMILES string of the molecule is CC(C)[C@H](C)C[C@H](O)[C@@H](C)[C@H]1CC[C@H]2[C@@H]3CC(=O)[C@H]4C[C@@H](O)CC[C@]4(C)[C@H]3CC[C@]12C. The first-order valence-corrected chi connectivity index (χ1v) is 13.4. The summed E-state index contributed by atoms with van der Waals surface area (Å²) in [5, 5.41) is 21.4. The molecule has 2 N–H and O–H groups in total. The Labute approximate surface area is 190 Å². The number of Topliss-reactive ketones (excluding diaryl/α,β-unsaturated/α-hetero) is 1. The molecule has 0 aromatic rings. The summed E-state index contributed by atoms with van der Waals surface area (Å²) >= 11 is 0. The van der Waals surface area contributed by atoms with Gasteiger partial charge >= 0.3 is 0 Å². The second-order valence-electron chi connectivity index (χ2n) is 13.1. The van der Waals surface area contributed by atoms with Crippen LogP contribution in [-0.2, 0) is 4.79 Å². The van der Waals surface area contributed by atoms with E-state index in [1.165, 1.54) is 25.7 Å². The lowest BCUT2D eigenvalue weighted by Gasteiger charge is -2.60. The molecule has 3 heteroatoms. The molecule has 0 aliphatic heterocycles. The van der Waals surface area contributed by atoms with Crippen molar-refractivity contribution in [3.05, 3.63) is 0 Å². The maximum absolute atomic E-state index is 13.3. The number of aliphatic hydroxyl groups is 2. The predicted molar refractivity (Wildman–Crippen MR) is 125 cm³/mol. The van der Waals surface area contributed by atoms with Gasteiger partial charge in [-0.15, -0.1) is 0 Å². The zero-order valence-corrected chi connectivity index (χ0v) is 20.9. The maximum Gasteiger partial charge on any atom is 0.136 e. The zero-order chi connectivity index (χ0) is 22.7. The van der Waals surface area contributed by atoms with Crippen molar-refractivity contribution in [3.8, 4) is 0 Å². The van der Waals surface area contributed by atoms with E-state index in [-0.39, 0.29) is 29.0 Å². The number of ketones is 1. The normalized spacial score (nSPS) is 48.0. The lowest BCUT2D eigenvalue weighted by atomic mass is 9.44. The van der Waals surface area contributed by atoms with Gasteiger partial charge in [-0.3, -0.25) is 4.79 Å². The van der Waals surface area contributed by atoms with Gasteiger partial charge in [0.1, 0.15) is 5.78 Å². The van der Waals surface area contributed by atoms with E-state index in [9.17, 15) is 15.0 Å². The molecule has 31 heavy (non-hydrogen) atoms. The Bertz CT molecular complexity index is 673. The van der Waals surface area contributed by atoms with E-state index in [4.69, 9.17) is 0 Å². The lowest BCUT2D eigenvalue weighted by molar-refractivity contribution is -0.160. The van der Waals surface area contributed by atoms with Crippen LogP contribution in [0.25, 0.3) is 0 Å². The van der Waals surface area contributed by atoms with E-state index in [0.29, 0.717) is 53.6 Å². The van der Waals surface area contributed by atoms with Crippen molar-refractivity contribution in [2.75, 3.05) is 0 Å². The summed E-state index contributed by atoms with van der Waals surface area (Å²) in [5.74, 6) is 4.37. The standard InChI is InChI=1S/C28H48O3/c1-16(2)17(3)13-25(30)18(4)21-7-8-22-20-15-26(31)24-14-19(29)9-11-28(24,6)23(20)10-12-27(21,22)5/h16-25,29-30H,7-15H2,1-6H3/t17-,18+,19+,20+,21-,22+,23+,24-,25+,27-,28-/m1/s1. The number of carbonyl (C=O) groups excluding carboxylic acids is 1. The fourth-order valence-corrected chi connectivity index (χ4v) is 9.06. The van der Waals surface area contributed by atoms with Gasteiger partial charge in [-0.05, 0) is 104 Å². The molecule has 0 unspecified atom stereocenters.